The van der Waals surface area contributed by atoms with E-state index in [2.05, 4.69) is 33.2 Å². The van der Waals surface area contributed by atoms with E-state index in [0.717, 1.165) is 17.4 Å². The Bertz CT molecular complexity index is 835. The van der Waals surface area contributed by atoms with Gasteiger partial charge in [0, 0.05) is 31.2 Å². The van der Waals surface area contributed by atoms with Gasteiger partial charge >= 0.3 is 0 Å². The molecule has 4 rings (SSSR count). The Morgan fingerprint density at radius 1 is 1.06 bits per heavy atom. The van der Waals surface area contributed by atoms with Gasteiger partial charge in [0.2, 0.25) is 5.91 Å². The number of benzene rings is 1. The summed E-state index contributed by atoms with van der Waals surface area (Å²) in [5.41, 5.74) is 7.05. The van der Waals surface area contributed by atoms with Crippen LogP contribution in [0.25, 0.3) is 0 Å². The van der Waals surface area contributed by atoms with Crippen molar-refractivity contribution in [2.45, 2.75) is 94.8 Å². The van der Waals surface area contributed by atoms with Crippen LogP contribution in [0.5, 0.6) is 0 Å². The molecule has 2 heterocycles. The normalized spacial score (nSPS) is 26.9. The average molecular weight is 454 g/mol. The number of primary amides is 1. The lowest BCUT2D eigenvalue weighted by Crippen LogP contribution is -2.53. The van der Waals surface area contributed by atoms with E-state index in [9.17, 15) is 9.59 Å². The number of hydrogen-bond donors (Lipinski definition) is 2. The third-order valence-electron chi connectivity index (χ3n) is 7.87. The molecule has 1 unspecified atom stereocenters. The zero-order chi connectivity index (χ0) is 23.2. The van der Waals surface area contributed by atoms with Gasteiger partial charge in [-0.2, -0.15) is 0 Å². The molecule has 7 heteroatoms. The van der Waals surface area contributed by atoms with Gasteiger partial charge in [0.05, 0.1) is 11.4 Å². The summed E-state index contributed by atoms with van der Waals surface area (Å²) in [5, 5.41) is 3.11. The fourth-order valence-corrected chi connectivity index (χ4v) is 6.32. The molecule has 1 saturated carbocycles. The van der Waals surface area contributed by atoms with Crippen molar-refractivity contribution in [2.75, 3.05) is 23.8 Å². The summed E-state index contributed by atoms with van der Waals surface area (Å²) in [7, 11) is 2.16. The number of nitrogens with zero attached hydrogens (tertiary/aromatic N) is 3. The Balaban J connectivity index is 1.45. The number of aliphatic imine (C=N–C) groups is 1. The monoisotopic (exact) mass is 453 g/mol. The van der Waals surface area contributed by atoms with Gasteiger partial charge in [0.1, 0.15) is 6.54 Å². The smallest absolute Gasteiger partial charge is 0.239 e. The maximum Gasteiger partial charge on any atom is 0.239 e. The van der Waals surface area contributed by atoms with E-state index in [4.69, 9.17) is 5.73 Å². The number of piperidine rings is 1. The van der Waals surface area contributed by atoms with E-state index in [1.165, 1.54) is 70.6 Å². The zero-order valence-corrected chi connectivity index (χ0v) is 19.9. The Kier molecular flexibility index (Phi) is 8.02. The second-order valence-corrected chi connectivity index (χ2v) is 10.00. The number of aldehydes is 1. The Morgan fingerprint density at radius 2 is 1.70 bits per heavy atom. The first-order chi connectivity index (χ1) is 16.1. The van der Waals surface area contributed by atoms with Crippen molar-refractivity contribution in [3.8, 4) is 0 Å². The summed E-state index contributed by atoms with van der Waals surface area (Å²) in [5.74, 6) is -0.443. The first-order valence-corrected chi connectivity index (χ1v) is 12.7. The van der Waals surface area contributed by atoms with Crippen molar-refractivity contribution in [1.29, 1.82) is 0 Å². The highest BCUT2D eigenvalue weighted by molar-refractivity contribution is 6.33. The molecule has 3 fully saturated rings. The molecule has 3 N–H and O–H groups in total. The molecule has 33 heavy (non-hydrogen) atoms. The van der Waals surface area contributed by atoms with E-state index in [0.29, 0.717) is 24.4 Å². The summed E-state index contributed by atoms with van der Waals surface area (Å²) in [6.45, 7) is -0.206. The number of hydrogen-bond acceptors (Lipinski definition) is 5. The number of nitrogens with one attached hydrogen (secondary N) is 1. The summed E-state index contributed by atoms with van der Waals surface area (Å²) >= 11 is 0. The van der Waals surface area contributed by atoms with Crippen LogP contribution in [0.4, 0.5) is 11.4 Å². The third-order valence-corrected chi connectivity index (χ3v) is 7.87. The lowest BCUT2D eigenvalue weighted by atomic mass is 9.89. The van der Waals surface area contributed by atoms with Crippen LogP contribution in [0, 0.1) is 0 Å². The highest BCUT2D eigenvalue weighted by atomic mass is 16.1. The molecule has 2 saturated heterocycles. The van der Waals surface area contributed by atoms with Crippen LogP contribution in [0.3, 0.4) is 0 Å². The lowest BCUT2D eigenvalue weighted by molar-refractivity contribution is -0.116. The molecule has 2 bridgehead atoms. The molecular weight excluding hydrogens is 414 g/mol. The first-order valence-electron chi connectivity index (χ1n) is 12.7. The molecule has 180 valence electrons. The number of amidine groups is 1. The van der Waals surface area contributed by atoms with Crippen LogP contribution in [-0.4, -0.2) is 60.7 Å². The van der Waals surface area contributed by atoms with E-state index in [1.54, 1.807) is 0 Å². The molecular formula is C26H39N5O2. The van der Waals surface area contributed by atoms with Gasteiger partial charge < -0.3 is 16.0 Å². The number of rotatable bonds is 7. The van der Waals surface area contributed by atoms with Gasteiger partial charge in [-0.25, -0.2) is 0 Å². The van der Waals surface area contributed by atoms with Crippen molar-refractivity contribution in [3.05, 3.63) is 24.3 Å². The topological polar surface area (TPSA) is 91.0 Å². The maximum absolute atomic E-state index is 11.5. The SMILES string of the molecule is CN(c1ccccc1NC(C=O)=NCC(N)=O)C1C[C@H]2CC[C@@H](C1)N2C1CCCCCCC1. The second kappa shape index (κ2) is 11.1. The van der Waals surface area contributed by atoms with Gasteiger partial charge in [0.15, 0.2) is 12.1 Å². The van der Waals surface area contributed by atoms with Gasteiger partial charge in [-0.05, 0) is 50.7 Å². The minimum atomic E-state index is -0.562. The minimum Gasteiger partial charge on any atom is -0.370 e. The predicted molar refractivity (Wildman–Crippen MR) is 134 cm³/mol. The number of para-hydroxylation sites is 2. The van der Waals surface area contributed by atoms with Crippen molar-refractivity contribution >= 4 is 29.4 Å². The van der Waals surface area contributed by atoms with Crippen LogP contribution < -0.4 is 16.0 Å². The largest absolute Gasteiger partial charge is 0.370 e. The average Bonchev–Trinajstić information content (AvgIpc) is 3.04. The molecule has 0 spiro atoms. The number of carbonyl (C=O) groups excluding carboxylic acids is 2. The molecule has 7 nitrogen and oxygen atoms in total. The van der Waals surface area contributed by atoms with Crippen LogP contribution >= 0.6 is 0 Å². The standard InChI is InChI=1S/C26H39N5O2/c1-30(24-12-8-7-11-23(24)29-26(18-32)28-17-25(27)33)22-15-20-13-14-21(16-22)31(20)19-9-5-3-2-4-6-10-19/h7-8,11-12,18-22H,2-6,9-10,13-17H2,1H3,(H2,27,33)(H,28,29)/t20-,21+,22?. The summed E-state index contributed by atoms with van der Waals surface area (Å²) in [6.07, 6.45) is 15.4. The molecule has 0 radical (unpaired) electrons. The quantitative estimate of drug-likeness (QED) is 0.373. The Hall–Kier alpha value is -2.41. The molecule has 1 aromatic rings. The van der Waals surface area contributed by atoms with Gasteiger partial charge in [-0.1, -0.05) is 44.2 Å². The van der Waals surface area contributed by atoms with Crippen LogP contribution in [-0.2, 0) is 9.59 Å². The minimum absolute atomic E-state index is 0.119. The van der Waals surface area contributed by atoms with Crippen molar-refractivity contribution in [2.24, 2.45) is 10.7 Å². The van der Waals surface area contributed by atoms with E-state index in [1.807, 2.05) is 18.2 Å². The number of amides is 1. The van der Waals surface area contributed by atoms with Crippen LogP contribution in [0.2, 0.25) is 0 Å². The van der Waals surface area contributed by atoms with Crippen LogP contribution in [0.1, 0.15) is 70.6 Å². The number of anilines is 2. The van der Waals surface area contributed by atoms with Crippen molar-refractivity contribution in [1.82, 2.24) is 4.90 Å². The summed E-state index contributed by atoms with van der Waals surface area (Å²) in [6, 6.07) is 10.6. The first kappa shape index (κ1) is 23.7. The van der Waals surface area contributed by atoms with Crippen LogP contribution in [0.15, 0.2) is 29.3 Å². The molecule has 1 aromatic carbocycles. The highest BCUT2D eigenvalue weighted by Gasteiger charge is 2.44. The zero-order valence-electron chi connectivity index (χ0n) is 19.9. The Morgan fingerprint density at radius 3 is 2.33 bits per heavy atom. The number of carbonyl (C=O) groups is 2. The van der Waals surface area contributed by atoms with Crippen molar-refractivity contribution in [3.63, 3.8) is 0 Å². The number of nitrogens with two attached hydrogens (primary N) is 1. The van der Waals surface area contributed by atoms with Gasteiger partial charge in [-0.3, -0.25) is 19.5 Å². The fourth-order valence-electron chi connectivity index (χ4n) is 6.32. The van der Waals surface area contributed by atoms with E-state index < -0.39 is 5.91 Å². The summed E-state index contributed by atoms with van der Waals surface area (Å²) < 4.78 is 0. The molecule has 3 atom stereocenters. The molecule has 1 aliphatic carbocycles. The predicted octanol–water partition coefficient (Wildman–Crippen LogP) is 3.73. The Labute approximate surface area is 197 Å². The summed E-state index contributed by atoms with van der Waals surface area (Å²) in [4.78, 5) is 31.8. The molecule has 3 aliphatic rings. The van der Waals surface area contributed by atoms with E-state index >= 15 is 0 Å². The van der Waals surface area contributed by atoms with Gasteiger partial charge in [0.25, 0.3) is 0 Å². The number of fused-ring (bicyclic) bond motifs is 2. The van der Waals surface area contributed by atoms with Crippen molar-refractivity contribution < 1.29 is 9.59 Å². The maximum atomic E-state index is 11.5. The second-order valence-electron chi connectivity index (χ2n) is 10.00. The van der Waals surface area contributed by atoms with E-state index in [-0.39, 0.29) is 12.4 Å². The molecule has 1 amide bonds. The highest BCUT2D eigenvalue weighted by Crippen LogP contribution is 2.42. The third kappa shape index (κ3) is 5.75. The lowest BCUT2D eigenvalue weighted by Gasteiger charge is -2.47. The molecule has 2 aliphatic heterocycles. The van der Waals surface area contributed by atoms with Gasteiger partial charge in [-0.15, -0.1) is 0 Å². The molecule has 0 aromatic heterocycles. The fraction of sp³-hybridized carbons (Fsp3) is 0.654.